The van der Waals surface area contributed by atoms with Crippen LogP contribution < -0.4 is 0 Å². The maximum atomic E-state index is 5.85. The molecule has 1 aromatic carbocycles. The molecule has 0 bridgehead atoms. The van der Waals surface area contributed by atoms with E-state index in [0.29, 0.717) is 11.8 Å². The van der Waals surface area contributed by atoms with E-state index in [2.05, 4.69) is 59.2 Å². The van der Waals surface area contributed by atoms with Gasteiger partial charge >= 0.3 is 0 Å². The highest BCUT2D eigenvalue weighted by Crippen LogP contribution is 2.21. The summed E-state index contributed by atoms with van der Waals surface area (Å²) < 4.78 is 3.53. The highest BCUT2D eigenvalue weighted by molar-refractivity contribution is 14.1. The van der Waals surface area contributed by atoms with Gasteiger partial charge < -0.3 is 4.57 Å². The van der Waals surface area contributed by atoms with Crippen LogP contribution in [0, 0.1) is 9.49 Å². The quantitative estimate of drug-likeness (QED) is 0.592. The topological polar surface area (TPSA) is 17.8 Å². The molecule has 1 aromatic heterocycles. The zero-order chi connectivity index (χ0) is 12.4. The van der Waals surface area contributed by atoms with Crippen LogP contribution >= 0.6 is 34.2 Å². The molecule has 92 valence electrons. The third-order valence-electron chi connectivity index (χ3n) is 2.66. The van der Waals surface area contributed by atoms with Crippen molar-refractivity contribution in [2.24, 2.45) is 5.92 Å². The van der Waals surface area contributed by atoms with E-state index >= 15 is 0 Å². The summed E-state index contributed by atoms with van der Waals surface area (Å²) in [4.78, 5) is 4.69. The average molecular weight is 363 g/mol. The van der Waals surface area contributed by atoms with Crippen molar-refractivity contribution in [1.82, 2.24) is 9.55 Å². The molecule has 0 N–H and O–H groups in total. The second-order valence-electron chi connectivity index (χ2n) is 4.60. The third kappa shape index (κ3) is 2.94. The Morgan fingerprint density at radius 3 is 2.82 bits per heavy atom. The molecule has 0 saturated heterocycles. The van der Waals surface area contributed by atoms with Crippen molar-refractivity contribution in [3.05, 3.63) is 27.6 Å². The molecular formula is C13H16ClIN2. The van der Waals surface area contributed by atoms with Gasteiger partial charge in [-0.3, -0.25) is 0 Å². The standard InChI is InChI=1S/C13H16ClIN2/c1-9(2)8-17-12-4-3-10(15)7-11(12)16-13(17)5-6-14/h3-4,7,9H,5-6,8H2,1-2H3. The van der Waals surface area contributed by atoms with Gasteiger partial charge in [0.15, 0.2) is 0 Å². The van der Waals surface area contributed by atoms with Gasteiger partial charge in [0.2, 0.25) is 0 Å². The number of aryl methyl sites for hydroxylation is 1. The second kappa shape index (κ2) is 5.57. The van der Waals surface area contributed by atoms with Gasteiger partial charge in [-0.25, -0.2) is 4.98 Å². The van der Waals surface area contributed by atoms with E-state index in [1.54, 1.807) is 0 Å². The molecule has 0 unspecified atom stereocenters. The van der Waals surface area contributed by atoms with Crippen LogP contribution in [-0.4, -0.2) is 15.4 Å². The van der Waals surface area contributed by atoms with Crippen molar-refractivity contribution >= 4 is 45.2 Å². The SMILES string of the molecule is CC(C)Cn1c(CCCl)nc2cc(I)ccc21. The number of hydrogen-bond donors (Lipinski definition) is 0. The second-order valence-corrected chi connectivity index (χ2v) is 6.23. The molecule has 0 aliphatic rings. The number of rotatable bonds is 4. The van der Waals surface area contributed by atoms with E-state index in [-0.39, 0.29) is 0 Å². The van der Waals surface area contributed by atoms with Gasteiger partial charge in [0, 0.05) is 22.4 Å². The van der Waals surface area contributed by atoms with Gasteiger partial charge in [-0.05, 0) is 46.7 Å². The Morgan fingerprint density at radius 1 is 1.41 bits per heavy atom. The van der Waals surface area contributed by atoms with Crippen LogP contribution in [-0.2, 0) is 13.0 Å². The summed E-state index contributed by atoms with van der Waals surface area (Å²) in [5.41, 5.74) is 2.30. The van der Waals surface area contributed by atoms with E-state index in [1.165, 1.54) is 9.09 Å². The van der Waals surface area contributed by atoms with Crippen LogP contribution in [0.1, 0.15) is 19.7 Å². The summed E-state index contributed by atoms with van der Waals surface area (Å²) in [5.74, 6) is 2.34. The summed E-state index contributed by atoms with van der Waals surface area (Å²) in [6.45, 7) is 5.45. The Morgan fingerprint density at radius 2 is 2.18 bits per heavy atom. The molecule has 0 radical (unpaired) electrons. The van der Waals surface area contributed by atoms with Crippen molar-refractivity contribution in [3.63, 3.8) is 0 Å². The predicted molar refractivity (Wildman–Crippen MR) is 81.7 cm³/mol. The number of halogens is 2. The summed E-state index contributed by atoms with van der Waals surface area (Å²) >= 11 is 8.17. The minimum atomic E-state index is 0.612. The van der Waals surface area contributed by atoms with E-state index in [9.17, 15) is 0 Å². The molecule has 2 nitrogen and oxygen atoms in total. The van der Waals surface area contributed by atoms with Crippen molar-refractivity contribution in [1.29, 1.82) is 0 Å². The molecule has 0 aliphatic heterocycles. The lowest BCUT2D eigenvalue weighted by molar-refractivity contribution is 0.519. The number of nitrogens with zero attached hydrogens (tertiary/aromatic N) is 2. The van der Waals surface area contributed by atoms with Crippen molar-refractivity contribution in [3.8, 4) is 0 Å². The fourth-order valence-electron chi connectivity index (χ4n) is 2.00. The average Bonchev–Trinajstić information content (AvgIpc) is 2.56. The normalized spacial score (nSPS) is 11.6. The zero-order valence-electron chi connectivity index (χ0n) is 10.1. The first-order valence-corrected chi connectivity index (χ1v) is 7.43. The first-order chi connectivity index (χ1) is 8.11. The summed E-state index contributed by atoms with van der Waals surface area (Å²) in [7, 11) is 0. The largest absolute Gasteiger partial charge is 0.328 e. The monoisotopic (exact) mass is 362 g/mol. The first kappa shape index (κ1) is 13.1. The minimum Gasteiger partial charge on any atom is -0.328 e. The van der Waals surface area contributed by atoms with Gasteiger partial charge in [0.1, 0.15) is 5.82 Å². The van der Waals surface area contributed by atoms with E-state index < -0.39 is 0 Å². The van der Waals surface area contributed by atoms with Crippen molar-refractivity contribution < 1.29 is 0 Å². The molecule has 0 spiro atoms. The van der Waals surface area contributed by atoms with Gasteiger partial charge in [-0.1, -0.05) is 13.8 Å². The number of alkyl halides is 1. The van der Waals surface area contributed by atoms with Crippen LogP contribution in [0.25, 0.3) is 11.0 Å². The fourth-order valence-corrected chi connectivity index (χ4v) is 2.64. The lowest BCUT2D eigenvalue weighted by Crippen LogP contribution is -2.09. The van der Waals surface area contributed by atoms with Crippen LogP contribution in [0.5, 0.6) is 0 Å². The molecule has 0 atom stereocenters. The fraction of sp³-hybridized carbons (Fsp3) is 0.462. The molecule has 2 aromatic rings. The zero-order valence-corrected chi connectivity index (χ0v) is 13.0. The Labute approximate surface area is 121 Å². The van der Waals surface area contributed by atoms with Crippen LogP contribution in [0.3, 0.4) is 0 Å². The number of imidazole rings is 1. The first-order valence-electron chi connectivity index (χ1n) is 5.82. The molecule has 0 aliphatic carbocycles. The molecule has 2 rings (SSSR count). The van der Waals surface area contributed by atoms with Crippen molar-refractivity contribution in [2.75, 3.05) is 5.88 Å². The van der Waals surface area contributed by atoms with Gasteiger partial charge in [-0.15, -0.1) is 11.6 Å². The van der Waals surface area contributed by atoms with E-state index in [4.69, 9.17) is 16.6 Å². The highest BCUT2D eigenvalue weighted by atomic mass is 127. The molecule has 0 saturated carbocycles. The summed E-state index contributed by atoms with van der Waals surface area (Å²) in [6.07, 6.45) is 0.833. The highest BCUT2D eigenvalue weighted by Gasteiger charge is 2.11. The third-order valence-corrected chi connectivity index (χ3v) is 3.52. The molecule has 17 heavy (non-hydrogen) atoms. The molecule has 0 amide bonds. The summed E-state index contributed by atoms with van der Waals surface area (Å²) in [6, 6.07) is 6.42. The van der Waals surface area contributed by atoms with E-state index in [0.717, 1.165) is 24.3 Å². The van der Waals surface area contributed by atoms with Gasteiger partial charge in [0.25, 0.3) is 0 Å². The Balaban J connectivity index is 2.54. The number of benzene rings is 1. The maximum absolute atomic E-state index is 5.85. The molecule has 4 heteroatoms. The van der Waals surface area contributed by atoms with Gasteiger partial charge in [-0.2, -0.15) is 0 Å². The van der Waals surface area contributed by atoms with E-state index in [1.807, 2.05) is 0 Å². The Kier molecular flexibility index (Phi) is 4.31. The predicted octanol–water partition coefficient (Wildman–Crippen LogP) is 4.08. The van der Waals surface area contributed by atoms with Gasteiger partial charge in [0.05, 0.1) is 11.0 Å². The number of hydrogen-bond acceptors (Lipinski definition) is 1. The van der Waals surface area contributed by atoms with Crippen LogP contribution in [0.15, 0.2) is 18.2 Å². The Bertz CT molecular complexity index is 519. The van der Waals surface area contributed by atoms with Crippen LogP contribution in [0.2, 0.25) is 0 Å². The molecule has 1 heterocycles. The smallest absolute Gasteiger partial charge is 0.111 e. The number of fused-ring (bicyclic) bond motifs is 1. The Hall–Kier alpha value is -0.290. The minimum absolute atomic E-state index is 0.612. The maximum Gasteiger partial charge on any atom is 0.111 e. The number of aromatic nitrogens is 2. The lowest BCUT2D eigenvalue weighted by atomic mass is 10.2. The molecular weight excluding hydrogens is 347 g/mol. The summed E-state index contributed by atoms with van der Waals surface area (Å²) in [5, 5.41) is 0. The van der Waals surface area contributed by atoms with Crippen molar-refractivity contribution in [2.45, 2.75) is 26.8 Å². The lowest BCUT2D eigenvalue weighted by Gasteiger charge is -2.11. The molecule has 0 fully saturated rings. The van der Waals surface area contributed by atoms with Crippen LogP contribution in [0.4, 0.5) is 0 Å².